The van der Waals surface area contributed by atoms with E-state index in [0.717, 1.165) is 0 Å². The van der Waals surface area contributed by atoms with Gasteiger partial charge in [0.2, 0.25) is 23.6 Å². The lowest BCUT2D eigenvalue weighted by molar-refractivity contribution is -0.696. The number of aromatic hydroxyl groups is 2. The zero-order chi connectivity index (χ0) is 27.3. The molecule has 0 atom stereocenters. The molecule has 1 aromatic carbocycles. The second-order valence-electron chi connectivity index (χ2n) is 8.37. The van der Waals surface area contributed by atoms with Crippen LogP contribution in [-0.2, 0) is 26.3 Å². The summed E-state index contributed by atoms with van der Waals surface area (Å²) in [7, 11) is -3.99. The monoisotopic (exact) mass is 545 g/mol. The summed E-state index contributed by atoms with van der Waals surface area (Å²) in [6, 6.07) is 10.9. The van der Waals surface area contributed by atoms with E-state index >= 15 is 0 Å². The topological polar surface area (TPSA) is 185 Å². The lowest BCUT2D eigenvalue weighted by Crippen LogP contribution is -2.33. The Labute approximate surface area is 216 Å². The van der Waals surface area contributed by atoms with Crippen molar-refractivity contribution in [2.75, 3.05) is 11.1 Å². The first-order valence-corrected chi connectivity index (χ1v) is 13.1. The number of rotatable bonds is 11. The molecule has 4 N–H and O–H groups in total. The van der Waals surface area contributed by atoms with Crippen molar-refractivity contribution in [2.24, 2.45) is 0 Å². The van der Waals surface area contributed by atoms with Crippen molar-refractivity contribution in [1.29, 1.82) is 0 Å². The number of carbonyl (C=O) groups excluding carboxylic acids is 2. The van der Waals surface area contributed by atoms with Crippen LogP contribution in [0.1, 0.15) is 25.7 Å². The Balaban J connectivity index is 1.29. The van der Waals surface area contributed by atoms with Crippen LogP contribution in [0.4, 0.5) is 5.69 Å². The van der Waals surface area contributed by atoms with Gasteiger partial charge >= 0.3 is 5.97 Å². The number of carbonyl (C=O) groups is 2. The van der Waals surface area contributed by atoms with Crippen LogP contribution in [0.3, 0.4) is 0 Å². The number of nitrogens with zero attached hydrogens (tertiary/aromatic N) is 3. The van der Waals surface area contributed by atoms with Crippen molar-refractivity contribution in [3.05, 3.63) is 54.9 Å². The van der Waals surface area contributed by atoms with E-state index in [1.54, 1.807) is 47.3 Å². The van der Waals surface area contributed by atoms with Crippen LogP contribution in [0.25, 0.3) is 22.6 Å². The molecule has 0 bridgehead atoms. The predicted octanol–water partition coefficient (Wildman–Crippen LogP) is 2.04. The van der Waals surface area contributed by atoms with E-state index in [2.05, 4.69) is 10.3 Å². The third-order valence-electron chi connectivity index (χ3n) is 5.40. The minimum atomic E-state index is -3.99. The molecular weight excluding hydrogens is 520 g/mol. The molecule has 0 radical (unpaired) electrons. The molecule has 200 valence electrons. The molecular formula is C24H25N4O9S+. The predicted molar refractivity (Wildman–Crippen MR) is 133 cm³/mol. The first kappa shape index (κ1) is 26.6. The Morgan fingerprint density at radius 1 is 1.03 bits per heavy atom. The zero-order valence-electron chi connectivity index (χ0n) is 20.0. The van der Waals surface area contributed by atoms with E-state index < -0.39 is 27.8 Å². The molecule has 4 aromatic rings. The number of anilines is 1. The van der Waals surface area contributed by atoms with Gasteiger partial charge in [0.1, 0.15) is 12.1 Å². The second-order valence-corrected chi connectivity index (χ2v) is 9.95. The van der Waals surface area contributed by atoms with Gasteiger partial charge < -0.3 is 24.8 Å². The van der Waals surface area contributed by atoms with Crippen molar-refractivity contribution >= 4 is 38.8 Å². The van der Waals surface area contributed by atoms with Gasteiger partial charge in [-0.2, -0.15) is 8.42 Å². The standard InChI is InChI=1S/C24H24N4O9S/c29-20(3-1-4-23(32)37-28-21(30)7-8-22(28)31)25-17-5-6-18-19(15-17)36-24(26-18)16-9-12-27(13-10-16)11-2-14-38(33,34)35/h5-10,12-13,15H,1-4,11,14H2,(H3,25,26,29,30,31,33,34,35)/p+1. The highest BCUT2D eigenvalue weighted by Gasteiger charge is 2.15. The van der Waals surface area contributed by atoms with Gasteiger partial charge in [-0.1, -0.05) is 0 Å². The first-order valence-electron chi connectivity index (χ1n) is 11.5. The fraction of sp³-hybridized carbons (Fsp3) is 0.250. The number of benzene rings is 1. The van der Waals surface area contributed by atoms with Crippen molar-refractivity contribution < 1.29 is 46.6 Å². The van der Waals surface area contributed by atoms with Crippen LogP contribution in [0.5, 0.6) is 11.8 Å². The fourth-order valence-electron chi connectivity index (χ4n) is 3.56. The third kappa shape index (κ3) is 7.08. The molecule has 14 heteroatoms. The number of fused-ring (bicyclic) bond motifs is 1. The molecule has 0 aliphatic heterocycles. The molecule has 1 amide bonds. The van der Waals surface area contributed by atoms with E-state index in [4.69, 9.17) is 13.8 Å². The first-order chi connectivity index (χ1) is 18.1. The summed E-state index contributed by atoms with van der Waals surface area (Å²) < 4.78 is 38.7. The molecule has 13 nitrogen and oxygen atoms in total. The Morgan fingerprint density at radius 3 is 2.42 bits per heavy atom. The van der Waals surface area contributed by atoms with Gasteiger partial charge in [0.25, 0.3) is 10.1 Å². The number of nitrogens with one attached hydrogen (secondary N) is 1. The normalized spacial score (nSPS) is 11.5. The Kier molecular flexibility index (Phi) is 7.93. The molecule has 0 aliphatic rings. The van der Waals surface area contributed by atoms with Gasteiger partial charge in [0.15, 0.2) is 18.0 Å². The highest BCUT2D eigenvalue weighted by atomic mass is 32.2. The zero-order valence-corrected chi connectivity index (χ0v) is 20.8. The van der Waals surface area contributed by atoms with Gasteiger partial charge in [-0.3, -0.25) is 9.35 Å². The van der Waals surface area contributed by atoms with E-state index in [0.29, 0.717) is 39.5 Å². The van der Waals surface area contributed by atoms with E-state index in [1.807, 2.05) is 0 Å². The van der Waals surface area contributed by atoms with Gasteiger partial charge in [-0.15, -0.1) is 4.73 Å². The van der Waals surface area contributed by atoms with E-state index in [1.165, 1.54) is 12.1 Å². The van der Waals surface area contributed by atoms with Crippen molar-refractivity contribution in [1.82, 2.24) is 9.71 Å². The maximum Gasteiger partial charge on any atom is 0.333 e. The molecule has 0 saturated carbocycles. The Bertz CT molecular complexity index is 1540. The number of aryl methyl sites for hydroxylation is 1. The average Bonchev–Trinajstić information content (AvgIpc) is 3.42. The highest BCUT2D eigenvalue weighted by molar-refractivity contribution is 7.85. The summed E-state index contributed by atoms with van der Waals surface area (Å²) in [6.07, 6.45) is 3.89. The Morgan fingerprint density at radius 2 is 1.74 bits per heavy atom. The molecule has 0 fully saturated rings. The summed E-state index contributed by atoms with van der Waals surface area (Å²) in [4.78, 5) is 33.5. The minimum Gasteiger partial charge on any atom is -0.492 e. The summed E-state index contributed by atoms with van der Waals surface area (Å²) in [6.45, 7) is 0.415. The minimum absolute atomic E-state index is 0.0344. The summed E-state index contributed by atoms with van der Waals surface area (Å²) in [5, 5.41) is 21.7. The quantitative estimate of drug-likeness (QED) is 0.161. The van der Waals surface area contributed by atoms with Crippen LogP contribution in [-0.4, -0.2) is 50.5 Å². The summed E-state index contributed by atoms with van der Waals surface area (Å²) >= 11 is 0. The maximum atomic E-state index is 12.3. The number of hydrogen-bond acceptors (Lipinski definition) is 9. The molecule has 38 heavy (non-hydrogen) atoms. The van der Waals surface area contributed by atoms with Crippen LogP contribution in [0.2, 0.25) is 0 Å². The fourth-order valence-corrected chi connectivity index (χ4v) is 4.06. The molecule has 0 aliphatic carbocycles. The molecule has 4 rings (SSSR count). The highest BCUT2D eigenvalue weighted by Crippen LogP contribution is 2.26. The summed E-state index contributed by atoms with van der Waals surface area (Å²) in [5.41, 5.74) is 2.23. The number of hydrogen-bond donors (Lipinski definition) is 4. The largest absolute Gasteiger partial charge is 0.492 e. The number of amides is 1. The molecule has 3 heterocycles. The van der Waals surface area contributed by atoms with Crippen molar-refractivity contribution in [2.45, 2.75) is 32.2 Å². The second kappa shape index (κ2) is 11.3. The van der Waals surface area contributed by atoms with Gasteiger partial charge in [0.05, 0.1) is 5.75 Å². The number of oxazole rings is 1. The molecule has 0 unspecified atom stereocenters. The smallest absolute Gasteiger partial charge is 0.333 e. The number of aromatic nitrogens is 3. The summed E-state index contributed by atoms with van der Waals surface area (Å²) in [5.74, 6) is -1.85. The molecule has 0 saturated heterocycles. The lowest BCUT2D eigenvalue weighted by atomic mass is 10.2. The van der Waals surface area contributed by atoms with E-state index in [-0.39, 0.29) is 37.3 Å². The van der Waals surface area contributed by atoms with Crippen LogP contribution >= 0.6 is 0 Å². The maximum absolute atomic E-state index is 12.3. The lowest BCUT2D eigenvalue weighted by Gasteiger charge is -2.07. The van der Waals surface area contributed by atoms with Crippen molar-refractivity contribution in [3.8, 4) is 23.2 Å². The SMILES string of the molecule is O=C(CCCC(=O)On1c(O)ccc1O)Nc1ccc2nc(-c3cc[n+](CCCS(=O)(=O)O)cc3)oc2c1. The van der Waals surface area contributed by atoms with Gasteiger partial charge in [-0.05, 0) is 18.6 Å². The Hall–Kier alpha value is -4.43. The average molecular weight is 546 g/mol. The van der Waals surface area contributed by atoms with Crippen LogP contribution < -0.4 is 14.7 Å². The van der Waals surface area contributed by atoms with E-state index in [9.17, 15) is 28.2 Å². The third-order valence-corrected chi connectivity index (χ3v) is 6.21. The number of pyridine rings is 1. The van der Waals surface area contributed by atoms with Gasteiger partial charge in [0, 0.05) is 60.8 Å². The molecule has 0 spiro atoms. The van der Waals surface area contributed by atoms with Crippen LogP contribution in [0.15, 0.2) is 59.3 Å². The molecule has 3 aromatic heterocycles. The van der Waals surface area contributed by atoms with Gasteiger partial charge in [-0.25, -0.2) is 14.3 Å². The van der Waals surface area contributed by atoms with Crippen LogP contribution in [0, 0.1) is 0 Å². The van der Waals surface area contributed by atoms with Crippen molar-refractivity contribution in [3.63, 3.8) is 0 Å².